The van der Waals surface area contributed by atoms with Crippen LogP contribution in [0.1, 0.15) is 18.2 Å². The molecule has 0 spiro atoms. The lowest BCUT2D eigenvalue weighted by Crippen LogP contribution is -2.38. The number of aromatic nitrogens is 2. The highest BCUT2D eigenvalue weighted by molar-refractivity contribution is 14.0. The summed E-state index contributed by atoms with van der Waals surface area (Å²) in [5.41, 5.74) is 1.92. The van der Waals surface area contributed by atoms with Gasteiger partial charge in [0.25, 0.3) is 0 Å². The van der Waals surface area contributed by atoms with Gasteiger partial charge >= 0.3 is 0 Å². The highest BCUT2D eigenvalue weighted by Gasteiger charge is 2.00. The van der Waals surface area contributed by atoms with E-state index in [1.54, 1.807) is 24.6 Å². The van der Waals surface area contributed by atoms with Gasteiger partial charge in [0.2, 0.25) is 0 Å². The third kappa shape index (κ3) is 6.61. The maximum Gasteiger partial charge on any atom is 0.191 e. The summed E-state index contributed by atoms with van der Waals surface area (Å²) >= 11 is 5.76. The Labute approximate surface area is 151 Å². The number of guanidine groups is 1. The van der Waals surface area contributed by atoms with E-state index in [4.69, 9.17) is 16.1 Å². The summed E-state index contributed by atoms with van der Waals surface area (Å²) in [6.45, 7) is 4.06. The Kier molecular flexibility index (Phi) is 8.83. The van der Waals surface area contributed by atoms with E-state index >= 15 is 0 Å². The predicted molar refractivity (Wildman–Crippen MR) is 97.7 cm³/mol. The zero-order valence-electron chi connectivity index (χ0n) is 12.3. The van der Waals surface area contributed by atoms with Crippen LogP contribution in [0.5, 0.6) is 0 Å². The van der Waals surface area contributed by atoms with Gasteiger partial charge in [0.05, 0.1) is 6.54 Å². The van der Waals surface area contributed by atoms with Crippen molar-refractivity contribution in [2.45, 2.75) is 19.9 Å². The van der Waals surface area contributed by atoms with Crippen LogP contribution in [0, 0.1) is 0 Å². The van der Waals surface area contributed by atoms with Crippen LogP contribution >= 0.6 is 35.6 Å². The summed E-state index contributed by atoms with van der Waals surface area (Å²) in [5, 5.41) is 10.8. The van der Waals surface area contributed by atoms with Crippen LogP contribution in [0.4, 0.5) is 0 Å². The Morgan fingerprint density at radius 2 is 2.18 bits per heavy atom. The molecule has 0 bridgehead atoms. The van der Waals surface area contributed by atoms with E-state index in [1.165, 1.54) is 0 Å². The van der Waals surface area contributed by atoms with Crippen molar-refractivity contribution < 1.29 is 4.52 Å². The van der Waals surface area contributed by atoms with Gasteiger partial charge in [-0.2, -0.15) is 0 Å². The molecule has 0 aliphatic carbocycles. The van der Waals surface area contributed by atoms with Crippen molar-refractivity contribution in [1.82, 2.24) is 20.8 Å². The fourth-order valence-corrected chi connectivity index (χ4v) is 1.81. The Bertz CT molecular complexity index is 559. The number of hydrogen-bond donors (Lipinski definition) is 2. The van der Waals surface area contributed by atoms with Crippen molar-refractivity contribution >= 4 is 41.5 Å². The average Bonchev–Trinajstić information content (AvgIpc) is 3.00. The number of nitrogens with one attached hydrogen (secondary N) is 2. The summed E-state index contributed by atoms with van der Waals surface area (Å²) in [6.07, 6.45) is 4.17. The fraction of sp³-hybridized carbons (Fsp3) is 0.357. The molecule has 2 aromatic rings. The van der Waals surface area contributed by atoms with Gasteiger partial charge in [-0.1, -0.05) is 22.8 Å². The first-order chi connectivity index (χ1) is 10.3. The number of halogens is 2. The lowest BCUT2D eigenvalue weighted by Gasteiger charge is -2.10. The highest BCUT2D eigenvalue weighted by atomic mass is 127. The van der Waals surface area contributed by atoms with E-state index in [9.17, 15) is 0 Å². The van der Waals surface area contributed by atoms with Crippen LogP contribution in [-0.4, -0.2) is 29.2 Å². The van der Waals surface area contributed by atoms with Crippen LogP contribution in [-0.2, 0) is 13.0 Å². The molecule has 2 rings (SSSR count). The lowest BCUT2D eigenvalue weighted by molar-refractivity contribution is 0.412. The molecule has 0 aromatic carbocycles. The molecule has 0 fully saturated rings. The maximum atomic E-state index is 5.76. The molecule has 120 valence electrons. The minimum absolute atomic E-state index is 0. The second-order valence-electron chi connectivity index (χ2n) is 4.35. The molecule has 8 heteroatoms. The first-order valence-electron chi connectivity index (χ1n) is 6.80. The highest BCUT2D eigenvalue weighted by Crippen LogP contribution is 2.05. The van der Waals surface area contributed by atoms with E-state index in [0.717, 1.165) is 36.7 Å². The molecule has 6 nitrogen and oxygen atoms in total. The van der Waals surface area contributed by atoms with Crippen molar-refractivity contribution in [3.05, 3.63) is 47.1 Å². The summed E-state index contributed by atoms with van der Waals surface area (Å²) in [5.74, 6) is 0.752. The standard InChI is InChI=1S/C14H18ClN5O.HI/c1-2-16-14(19-10-12-6-8-21-20-12)17-7-5-11-3-4-13(15)18-9-11;/h3-4,6,8-9H,2,5,7,10H2,1H3,(H2,16,17,19);1H. The van der Waals surface area contributed by atoms with Crippen molar-refractivity contribution in [2.75, 3.05) is 13.1 Å². The van der Waals surface area contributed by atoms with Crippen LogP contribution in [0.2, 0.25) is 5.15 Å². The van der Waals surface area contributed by atoms with Crippen molar-refractivity contribution in [1.29, 1.82) is 0 Å². The zero-order chi connectivity index (χ0) is 14.9. The molecule has 22 heavy (non-hydrogen) atoms. The van der Waals surface area contributed by atoms with Crippen molar-refractivity contribution in [3.8, 4) is 0 Å². The second-order valence-corrected chi connectivity index (χ2v) is 4.74. The molecule has 0 radical (unpaired) electrons. The summed E-state index contributed by atoms with van der Waals surface area (Å²) in [4.78, 5) is 8.49. The van der Waals surface area contributed by atoms with Gasteiger partial charge in [-0.3, -0.25) is 0 Å². The normalized spacial score (nSPS) is 10.9. The van der Waals surface area contributed by atoms with Crippen LogP contribution < -0.4 is 10.6 Å². The molecular formula is C14H19ClIN5O. The van der Waals surface area contributed by atoms with Crippen LogP contribution in [0.3, 0.4) is 0 Å². The number of nitrogens with zero attached hydrogens (tertiary/aromatic N) is 3. The number of hydrogen-bond acceptors (Lipinski definition) is 4. The number of pyridine rings is 1. The van der Waals surface area contributed by atoms with Gasteiger partial charge in [0.15, 0.2) is 5.96 Å². The zero-order valence-corrected chi connectivity index (χ0v) is 15.3. The molecule has 0 amide bonds. The fourth-order valence-electron chi connectivity index (χ4n) is 1.70. The molecule has 2 aromatic heterocycles. The Balaban J connectivity index is 0.00000242. The summed E-state index contributed by atoms with van der Waals surface area (Å²) in [6, 6.07) is 5.56. The third-order valence-corrected chi connectivity index (χ3v) is 2.95. The van der Waals surface area contributed by atoms with Crippen LogP contribution in [0.15, 0.2) is 40.2 Å². The maximum absolute atomic E-state index is 5.76. The largest absolute Gasteiger partial charge is 0.364 e. The van der Waals surface area contributed by atoms with E-state index in [0.29, 0.717) is 11.7 Å². The van der Waals surface area contributed by atoms with Gasteiger partial charge in [0.1, 0.15) is 17.1 Å². The Morgan fingerprint density at radius 1 is 1.32 bits per heavy atom. The quantitative estimate of drug-likeness (QED) is 0.316. The Hall–Kier alpha value is -1.35. The van der Waals surface area contributed by atoms with E-state index in [2.05, 4.69) is 25.8 Å². The van der Waals surface area contributed by atoms with E-state index in [1.807, 2.05) is 13.0 Å². The Morgan fingerprint density at radius 3 is 2.82 bits per heavy atom. The molecule has 2 heterocycles. The smallest absolute Gasteiger partial charge is 0.191 e. The van der Waals surface area contributed by atoms with Crippen LogP contribution in [0.25, 0.3) is 0 Å². The van der Waals surface area contributed by atoms with Gasteiger partial charge in [0, 0.05) is 25.4 Å². The summed E-state index contributed by atoms with van der Waals surface area (Å²) in [7, 11) is 0. The first-order valence-corrected chi connectivity index (χ1v) is 7.17. The molecule has 2 N–H and O–H groups in total. The minimum Gasteiger partial charge on any atom is -0.364 e. The topological polar surface area (TPSA) is 75.3 Å². The minimum atomic E-state index is 0. The molecule has 0 saturated heterocycles. The third-order valence-electron chi connectivity index (χ3n) is 2.73. The molecule has 0 aliphatic rings. The van der Waals surface area contributed by atoms with Gasteiger partial charge in [-0.05, 0) is 25.0 Å². The summed E-state index contributed by atoms with van der Waals surface area (Å²) < 4.78 is 4.78. The molecular weight excluding hydrogens is 417 g/mol. The predicted octanol–water partition coefficient (Wildman–Crippen LogP) is 2.64. The SMILES string of the molecule is CCNC(=NCc1ccon1)NCCc1ccc(Cl)nc1.I. The van der Waals surface area contributed by atoms with E-state index < -0.39 is 0 Å². The molecule has 0 unspecified atom stereocenters. The number of aliphatic imine (C=N–C) groups is 1. The van der Waals surface area contributed by atoms with Crippen molar-refractivity contribution in [2.24, 2.45) is 4.99 Å². The lowest BCUT2D eigenvalue weighted by atomic mass is 10.2. The van der Waals surface area contributed by atoms with Gasteiger partial charge < -0.3 is 15.2 Å². The first kappa shape index (κ1) is 18.7. The van der Waals surface area contributed by atoms with Crippen molar-refractivity contribution in [3.63, 3.8) is 0 Å². The monoisotopic (exact) mass is 435 g/mol. The van der Waals surface area contributed by atoms with E-state index in [-0.39, 0.29) is 24.0 Å². The average molecular weight is 436 g/mol. The molecule has 0 saturated carbocycles. The van der Waals surface area contributed by atoms with Gasteiger partial charge in [-0.25, -0.2) is 9.98 Å². The number of rotatable bonds is 6. The molecule has 0 aliphatic heterocycles. The second kappa shape index (κ2) is 10.4. The molecule has 0 atom stereocenters. The van der Waals surface area contributed by atoms with Gasteiger partial charge in [-0.15, -0.1) is 24.0 Å².